The number of aromatic nitrogens is 2. The summed E-state index contributed by atoms with van der Waals surface area (Å²) in [7, 11) is -2.71. The second-order valence-electron chi connectivity index (χ2n) is 10.4. The molecule has 0 N–H and O–H groups in total. The minimum Gasteiger partial charge on any atom is -0.406 e. The first kappa shape index (κ1) is 30.4. The molecule has 0 saturated carbocycles. The van der Waals surface area contributed by atoms with Crippen molar-refractivity contribution in [3.05, 3.63) is 84.1 Å². The number of hydrogen-bond acceptors (Lipinski definition) is 8. The number of thioether (sulfide) groups is 1. The second-order valence-corrected chi connectivity index (χ2v) is 13.3. The Balaban J connectivity index is 1.30. The number of carbonyl (C=O) groups excluding carboxylic acids is 1. The maximum absolute atomic E-state index is 13.6. The molecule has 4 aromatic rings. The van der Waals surface area contributed by atoms with Gasteiger partial charge in [0.05, 0.1) is 29.5 Å². The molecule has 6 rings (SSSR count). The summed E-state index contributed by atoms with van der Waals surface area (Å²) in [5.41, 5.74) is 3.34. The van der Waals surface area contributed by atoms with E-state index >= 15 is 0 Å². The molecule has 45 heavy (non-hydrogen) atoms. The highest BCUT2D eigenvalue weighted by atomic mass is 32.2. The number of carbonyl (C=O) groups is 1. The van der Waals surface area contributed by atoms with Gasteiger partial charge in [0.15, 0.2) is 11.0 Å². The van der Waals surface area contributed by atoms with Crippen LogP contribution in [-0.2, 0) is 14.8 Å². The molecule has 10 nitrogen and oxygen atoms in total. The number of hydrogen-bond donors (Lipinski definition) is 0. The fourth-order valence-electron chi connectivity index (χ4n) is 5.10. The monoisotopic (exact) mass is 654 g/mol. The lowest BCUT2D eigenvalue weighted by atomic mass is 10.0. The summed E-state index contributed by atoms with van der Waals surface area (Å²) in [6.07, 6.45) is -1.97. The van der Waals surface area contributed by atoms with Crippen LogP contribution in [0.3, 0.4) is 0 Å². The molecule has 1 fully saturated rings. The number of halogens is 3. The zero-order valence-electron chi connectivity index (χ0n) is 24.1. The lowest BCUT2D eigenvalue weighted by molar-refractivity contribution is -0.274. The average Bonchev–Trinajstić information content (AvgIpc) is 3.59. The third kappa shape index (κ3) is 5.68. The molecule has 1 saturated heterocycles. The number of sulfonamides is 1. The van der Waals surface area contributed by atoms with Crippen LogP contribution in [0.15, 0.2) is 88.0 Å². The van der Waals surface area contributed by atoms with Crippen LogP contribution in [0.2, 0.25) is 0 Å². The van der Waals surface area contributed by atoms with E-state index in [4.69, 9.17) is 0 Å². The van der Waals surface area contributed by atoms with Gasteiger partial charge in [-0.05, 0) is 59.5 Å². The van der Waals surface area contributed by atoms with Gasteiger partial charge in [-0.2, -0.15) is 13.5 Å². The number of rotatable bonds is 6. The van der Waals surface area contributed by atoms with Crippen molar-refractivity contribution in [2.75, 3.05) is 22.1 Å². The molecule has 0 aliphatic carbocycles. The van der Waals surface area contributed by atoms with Crippen LogP contribution in [0.1, 0.15) is 30.9 Å². The third-order valence-electron chi connectivity index (χ3n) is 7.19. The van der Waals surface area contributed by atoms with Crippen LogP contribution in [-0.4, -0.2) is 54.5 Å². The van der Waals surface area contributed by atoms with Gasteiger partial charge >= 0.3 is 6.36 Å². The second kappa shape index (κ2) is 11.4. The van der Waals surface area contributed by atoms with Crippen molar-refractivity contribution >= 4 is 44.8 Å². The van der Waals surface area contributed by atoms with Crippen LogP contribution in [0.25, 0.3) is 22.6 Å². The molecule has 3 heterocycles. The number of para-hydroxylation sites is 1. The van der Waals surface area contributed by atoms with Crippen LogP contribution in [0.4, 0.5) is 18.9 Å². The van der Waals surface area contributed by atoms with Crippen molar-refractivity contribution in [3.8, 4) is 28.4 Å². The van der Waals surface area contributed by atoms with E-state index in [0.29, 0.717) is 33.4 Å². The predicted molar refractivity (Wildman–Crippen MR) is 167 cm³/mol. The van der Waals surface area contributed by atoms with Gasteiger partial charge in [-0.15, -0.1) is 18.3 Å². The van der Waals surface area contributed by atoms with Gasteiger partial charge in [0.1, 0.15) is 10.6 Å². The van der Waals surface area contributed by atoms with Crippen LogP contribution < -0.4 is 14.1 Å². The highest BCUT2D eigenvalue weighted by Gasteiger charge is 2.36. The highest BCUT2D eigenvalue weighted by molar-refractivity contribution is 8.15. The van der Waals surface area contributed by atoms with Crippen molar-refractivity contribution in [2.45, 2.75) is 31.0 Å². The zero-order chi connectivity index (χ0) is 32.1. The van der Waals surface area contributed by atoms with Crippen molar-refractivity contribution < 1.29 is 31.1 Å². The third-order valence-corrected chi connectivity index (χ3v) is 9.86. The minimum absolute atomic E-state index is 0.00177. The lowest BCUT2D eigenvalue weighted by Gasteiger charge is -2.30. The number of ether oxygens (including phenoxy) is 1. The first-order valence-corrected chi connectivity index (χ1v) is 16.0. The Morgan fingerprint density at radius 3 is 2.51 bits per heavy atom. The molecule has 0 unspecified atom stereocenters. The van der Waals surface area contributed by atoms with Gasteiger partial charge < -0.3 is 4.74 Å². The van der Waals surface area contributed by atoms with E-state index < -0.39 is 22.1 Å². The Bertz CT molecular complexity index is 1970. The Labute approximate surface area is 260 Å². The van der Waals surface area contributed by atoms with E-state index in [0.717, 1.165) is 27.8 Å². The van der Waals surface area contributed by atoms with Gasteiger partial charge in [0, 0.05) is 18.2 Å². The number of amides is 1. The molecular formula is C30H25F3N6O4S2. The molecule has 0 radical (unpaired) electrons. The topological polar surface area (TPSA) is 109 Å². The summed E-state index contributed by atoms with van der Waals surface area (Å²) in [4.78, 5) is 18.7. The smallest absolute Gasteiger partial charge is 0.406 e. The van der Waals surface area contributed by atoms with Gasteiger partial charge in [-0.3, -0.25) is 9.69 Å². The molecule has 1 amide bonds. The van der Waals surface area contributed by atoms with E-state index in [1.54, 1.807) is 17.0 Å². The SMILES string of the molecule is CC(C)c1ccccc1N1C(=O)CS/C1=N\N=C\c1ccc2c(c1)S(=O)(=O)N(C)n1c(-c3ccc(OC(F)(F)F)cc3)cnc1-2. The van der Waals surface area contributed by atoms with Crippen molar-refractivity contribution in [1.82, 2.24) is 9.66 Å². The molecule has 0 spiro atoms. The van der Waals surface area contributed by atoms with Crippen LogP contribution in [0.5, 0.6) is 5.75 Å². The summed E-state index contributed by atoms with van der Waals surface area (Å²) >= 11 is 1.27. The quantitative estimate of drug-likeness (QED) is 0.187. The summed E-state index contributed by atoms with van der Waals surface area (Å²) in [5.74, 6) is 0.235. The van der Waals surface area contributed by atoms with Crippen molar-refractivity contribution in [3.63, 3.8) is 0 Å². The standard InChI is InChI=1S/C30H25F3N6O4S2/c1-18(2)22-6-4-5-7-24(22)38-27(40)17-44-29(38)36-35-15-19-8-13-23-26(14-19)45(41,42)37(3)39-25(16-34-28(23)39)20-9-11-21(12-10-20)43-30(31,32)33/h4-16,18H,17H2,1-3H3/b35-15+,36-29-. The molecule has 15 heteroatoms. The van der Waals surface area contributed by atoms with E-state index in [2.05, 4.69) is 19.9 Å². The van der Waals surface area contributed by atoms with E-state index in [-0.39, 0.29) is 22.5 Å². The number of benzene rings is 3. The minimum atomic E-state index is -4.83. The maximum atomic E-state index is 13.6. The van der Waals surface area contributed by atoms with Gasteiger partial charge in [-0.1, -0.05) is 49.9 Å². The Hall–Kier alpha value is -4.63. The fraction of sp³-hybridized carbons (Fsp3) is 0.200. The average molecular weight is 655 g/mol. The zero-order valence-corrected chi connectivity index (χ0v) is 25.7. The normalized spacial score (nSPS) is 17.0. The van der Waals surface area contributed by atoms with Crippen molar-refractivity contribution in [2.24, 2.45) is 10.2 Å². The van der Waals surface area contributed by atoms with Gasteiger partial charge in [0.2, 0.25) is 5.91 Å². The van der Waals surface area contributed by atoms with E-state index in [1.807, 2.05) is 38.1 Å². The number of amidine groups is 1. The van der Waals surface area contributed by atoms with Gasteiger partial charge in [-0.25, -0.2) is 14.1 Å². The molecule has 2 aliphatic heterocycles. The summed E-state index contributed by atoms with van der Waals surface area (Å²) in [6, 6.07) is 17.4. The molecular weight excluding hydrogens is 629 g/mol. The largest absolute Gasteiger partial charge is 0.573 e. The predicted octanol–water partition coefficient (Wildman–Crippen LogP) is 5.98. The summed E-state index contributed by atoms with van der Waals surface area (Å²) < 4.78 is 71.3. The fourth-order valence-corrected chi connectivity index (χ4v) is 7.31. The van der Waals surface area contributed by atoms with Crippen LogP contribution >= 0.6 is 11.8 Å². The molecule has 2 aliphatic rings. The first-order valence-electron chi connectivity index (χ1n) is 13.6. The van der Waals surface area contributed by atoms with Gasteiger partial charge in [0.25, 0.3) is 10.0 Å². The number of anilines is 1. The highest BCUT2D eigenvalue weighted by Crippen LogP contribution is 2.38. The molecule has 0 bridgehead atoms. The number of nitrogens with zero attached hydrogens (tertiary/aromatic N) is 6. The first-order chi connectivity index (χ1) is 21.3. The number of fused-ring (bicyclic) bond motifs is 3. The number of imidazole rings is 1. The summed E-state index contributed by atoms with van der Waals surface area (Å²) in [6.45, 7) is 4.09. The molecule has 0 atom stereocenters. The number of alkyl halides is 3. The van der Waals surface area contributed by atoms with E-state index in [9.17, 15) is 26.4 Å². The molecule has 3 aromatic carbocycles. The summed E-state index contributed by atoms with van der Waals surface area (Å²) in [5, 5.41) is 8.89. The Morgan fingerprint density at radius 2 is 1.80 bits per heavy atom. The lowest BCUT2D eigenvalue weighted by Crippen LogP contribution is -2.40. The molecule has 232 valence electrons. The van der Waals surface area contributed by atoms with Crippen molar-refractivity contribution in [1.29, 1.82) is 0 Å². The maximum Gasteiger partial charge on any atom is 0.573 e. The Morgan fingerprint density at radius 1 is 1.07 bits per heavy atom. The van der Waals surface area contributed by atoms with E-state index in [1.165, 1.54) is 54.1 Å². The van der Waals surface area contributed by atoms with Crippen LogP contribution in [0, 0.1) is 0 Å². The molecule has 1 aromatic heterocycles. The Kier molecular flexibility index (Phi) is 7.69.